The van der Waals surface area contributed by atoms with Crippen molar-refractivity contribution in [3.8, 4) is 0 Å². The van der Waals surface area contributed by atoms with E-state index in [1.165, 1.54) is 101 Å². The average molecular weight is 979 g/mol. The summed E-state index contributed by atoms with van der Waals surface area (Å²) in [5.41, 5.74) is 20.9. The quantitative estimate of drug-likeness (QED) is 0.162. The normalized spacial score (nSPS) is 11.2. The first-order valence-corrected chi connectivity index (χ1v) is 25.7. The van der Waals surface area contributed by atoms with E-state index < -0.39 is 0 Å². The van der Waals surface area contributed by atoms with Crippen LogP contribution in [0, 0.1) is 83.1 Å². The summed E-state index contributed by atoms with van der Waals surface area (Å²) in [7, 11) is 10.5. The Hall–Kier alpha value is -6.90. The molecule has 0 atom stereocenters. The SMILES string of the molecule is CC[n+]1c(C)n(C)c2cnc(C)c(C)c21.CCn1c(C)[n+](C)c2c(C)cncc21.CCn1c(C)[n+](C)c2c(C)nc(C)c(C)c21.CCn1c(C)[n+](C)c2cc(C)ncc21.CCn1c(C)[n+](C)c2ccncc21. The molecule has 0 aromatic carbocycles. The lowest BCUT2D eigenvalue weighted by Gasteiger charge is -2.02. The standard InChI is InChI=1S/C13H20N3.C12H18N3.2C11H16N3.C10H14N3/c1-7-16-11(5)15(6)13-10(4)14-9(3)8(2)12(13)16;1-6-15-10(4)14(5)11-7-13-9(3)8(2)12(11)15;1-5-14-9(3)13(4)11-8(2)6-12-7-10(11)14;1-5-14-9(3)13(4)10-6-8(2)12-7-11(10)14;1-4-13-8(2)12(3)9-5-6-11-7-10(9)13/h7H2,1-6H3;7H,6H2,1-5H3;2*6-7H,5H2,1-4H3;5-7H,4H2,1-3H3/q5*+1. The minimum atomic E-state index is 0.994. The molecule has 382 valence electrons. The van der Waals surface area contributed by atoms with Crippen molar-refractivity contribution in [3.63, 3.8) is 0 Å². The van der Waals surface area contributed by atoms with E-state index in [4.69, 9.17) is 0 Å². The summed E-state index contributed by atoms with van der Waals surface area (Å²) in [5.74, 6) is 6.39. The van der Waals surface area contributed by atoms with Gasteiger partial charge < -0.3 is 0 Å². The van der Waals surface area contributed by atoms with Crippen LogP contribution in [-0.4, -0.2) is 47.8 Å². The van der Waals surface area contributed by atoms with Crippen LogP contribution in [-0.2, 0) is 68.0 Å². The zero-order valence-corrected chi connectivity index (χ0v) is 47.9. The molecule has 0 spiro atoms. The smallest absolute Gasteiger partial charge is 0.254 e. The lowest BCUT2D eigenvalue weighted by molar-refractivity contribution is -0.675. The number of hydrogen-bond acceptors (Lipinski definition) is 5. The molecule has 0 aliphatic heterocycles. The van der Waals surface area contributed by atoms with Crippen molar-refractivity contribution in [2.24, 2.45) is 35.2 Å². The number of aryl methyl sites for hydroxylation is 17. The van der Waals surface area contributed by atoms with E-state index >= 15 is 0 Å². The van der Waals surface area contributed by atoms with Crippen molar-refractivity contribution in [2.45, 2.75) is 150 Å². The van der Waals surface area contributed by atoms with Gasteiger partial charge in [0.05, 0.1) is 98.4 Å². The summed E-state index contributed by atoms with van der Waals surface area (Å²) < 4.78 is 22.6. The van der Waals surface area contributed by atoms with Crippen LogP contribution in [0.3, 0.4) is 0 Å². The Kier molecular flexibility index (Phi) is 16.8. The fraction of sp³-hybridized carbons (Fsp3) is 0.474. The molecular weight excluding hydrogens is 895 g/mol. The Balaban J connectivity index is 0.000000147. The molecule has 0 N–H and O–H groups in total. The zero-order valence-electron chi connectivity index (χ0n) is 47.9. The second-order valence-electron chi connectivity index (χ2n) is 19.1. The van der Waals surface area contributed by atoms with E-state index in [9.17, 15) is 0 Å². The second-order valence-corrected chi connectivity index (χ2v) is 19.1. The highest BCUT2D eigenvalue weighted by atomic mass is 15.2. The monoisotopic (exact) mass is 979 g/mol. The minimum absolute atomic E-state index is 0.994. The molecule has 0 saturated heterocycles. The maximum absolute atomic E-state index is 4.62. The third-order valence-corrected chi connectivity index (χ3v) is 15.3. The molecule has 0 radical (unpaired) electrons. The molecule has 0 saturated carbocycles. The van der Waals surface area contributed by atoms with Crippen molar-refractivity contribution in [3.05, 3.63) is 118 Å². The van der Waals surface area contributed by atoms with Crippen molar-refractivity contribution in [1.82, 2.24) is 47.8 Å². The molecule has 0 aliphatic rings. The molecule has 0 fully saturated rings. The van der Waals surface area contributed by atoms with Gasteiger partial charge in [-0.3, -0.25) is 24.9 Å². The highest BCUT2D eigenvalue weighted by Gasteiger charge is 2.25. The Bertz CT molecular complexity index is 3590. The Morgan fingerprint density at radius 2 is 0.972 bits per heavy atom. The van der Waals surface area contributed by atoms with Gasteiger partial charge in [-0.1, -0.05) is 0 Å². The van der Waals surface area contributed by atoms with Gasteiger partial charge in [-0.25, -0.2) is 45.7 Å². The maximum atomic E-state index is 4.62. The molecule has 10 aromatic rings. The van der Waals surface area contributed by atoms with Crippen molar-refractivity contribution < 1.29 is 22.8 Å². The lowest BCUT2D eigenvalue weighted by Crippen LogP contribution is -2.35. The maximum Gasteiger partial charge on any atom is 0.254 e. The van der Waals surface area contributed by atoms with Gasteiger partial charge in [0, 0.05) is 92.9 Å². The molecule has 10 aromatic heterocycles. The van der Waals surface area contributed by atoms with Crippen LogP contribution in [0.2, 0.25) is 0 Å². The summed E-state index contributed by atoms with van der Waals surface area (Å²) in [6.45, 7) is 41.3. The fourth-order valence-corrected chi connectivity index (χ4v) is 10.5. The van der Waals surface area contributed by atoms with E-state index in [-0.39, 0.29) is 0 Å². The van der Waals surface area contributed by atoms with Gasteiger partial charge in [-0.05, 0) is 83.1 Å². The molecule has 0 amide bonds. The molecule has 0 aliphatic carbocycles. The third kappa shape index (κ3) is 9.74. The van der Waals surface area contributed by atoms with Crippen molar-refractivity contribution in [1.29, 1.82) is 0 Å². The second kappa shape index (κ2) is 22.3. The highest BCUT2D eigenvalue weighted by Crippen LogP contribution is 2.23. The number of hydrogen-bond donors (Lipinski definition) is 0. The Labute approximate surface area is 427 Å². The van der Waals surface area contributed by atoms with E-state index in [1.54, 1.807) is 0 Å². The predicted octanol–water partition coefficient (Wildman–Crippen LogP) is 8.10. The number of nitrogens with zero attached hydrogens (tertiary/aromatic N) is 15. The third-order valence-electron chi connectivity index (χ3n) is 15.3. The van der Waals surface area contributed by atoms with Gasteiger partial charge in [0.25, 0.3) is 29.1 Å². The van der Waals surface area contributed by atoms with Crippen LogP contribution in [0.15, 0.2) is 49.3 Å². The van der Waals surface area contributed by atoms with Gasteiger partial charge in [-0.15, -0.1) is 0 Å². The van der Waals surface area contributed by atoms with E-state index in [2.05, 4.69) is 229 Å². The molecule has 0 bridgehead atoms. The van der Waals surface area contributed by atoms with Gasteiger partial charge in [0.15, 0.2) is 55.2 Å². The molecule has 10 heterocycles. The van der Waals surface area contributed by atoms with Crippen LogP contribution in [0.5, 0.6) is 0 Å². The first kappa shape index (κ1) is 54.4. The van der Waals surface area contributed by atoms with Crippen LogP contribution in [0.25, 0.3) is 55.2 Å². The summed E-state index contributed by atoms with van der Waals surface area (Å²) in [4.78, 5) is 21.8. The summed E-state index contributed by atoms with van der Waals surface area (Å²) in [6.07, 6.45) is 11.5. The van der Waals surface area contributed by atoms with Gasteiger partial charge >= 0.3 is 0 Å². The average Bonchev–Trinajstić information content (AvgIpc) is 4.05. The van der Waals surface area contributed by atoms with Crippen molar-refractivity contribution in [2.75, 3.05) is 0 Å². The van der Waals surface area contributed by atoms with Crippen LogP contribution in [0.4, 0.5) is 0 Å². The Morgan fingerprint density at radius 1 is 0.458 bits per heavy atom. The van der Waals surface area contributed by atoms with Gasteiger partial charge in [-0.2, -0.15) is 0 Å². The van der Waals surface area contributed by atoms with E-state index in [1.807, 2.05) is 44.1 Å². The number of pyridine rings is 5. The number of aromatic nitrogens is 15. The fourth-order valence-electron chi connectivity index (χ4n) is 10.5. The largest absolute Gasteiger partial charge is 0.260 e. The topological polar surface area (TPSA) is 108 Å². The van der Waals surface area contributed by atoms with E-state index in [0.29, 0.717) is 0 Å². The van der Waals surface area contributed by atoms with Crippen molar-refractivity contribution >= 4 is 55.2 Å². The predicted molar refractivity (Wildman–Crippen MR) is 290 cm³/mol. The minimum Gasteiger partial charge on any atom is -0.260 e. The first-order chi connectivity index (χ1) is 34.1. The molecule has 15 nitrogen and oxygen atoms in total. The van der Waals surface area contributed by atoms with E-state index in [0.717, 1.165) is 55.5 Å². The van der Waals surface area contributed by atoms with Crippen LogP contribution in [0.1, 0.15) is 103 Å². The first-order valence-electron chi connectivity index (χ1n) is 25.7. The molecule has 10 rings (SSSR count). The number of fused-ring (bicyclic) bond motifs is 5. The number of rotatable bonds is 5. The van der Waals surface area contributed by atoms with Gasteiger partial charge in [0.2, 0.25) is 0 Å². The highest BCUT2D eigenvalue weighted by molar-refractivity contribution is 5.79. The molecule has 0 unspecified atom stereocenters. The summed E-state index contributed by atoms with van der Waals surface area (Å²) >= 11 is 0. The summed E-state index contributed by atoms with van der Waals surface area (Å²) in [6, 6.07) is 4.18. The number of imidazole rings is 5. The van der Waals surface area contributed by atoms with Crippen LogP contribution < -0.4 is 22.8 Å². The molecule has 15 heteroatoms. The lowest BCUT2D eigenvalue weighted by atomic mass is 10.1. The zero-order chi connectivity index (χ0) is 53.2. The Morgan fingerprint density at radius 3 is 1.57 bits per heavy atom. The molecule has 72 heavy (non-hydrogen) atoms. The van der Waals surface area contributed by atoms with Gasteiger partial charge in [0.1, 0.15) is 0 Å². The summed E-state index contributed by atoms with van der Waals surface area (Å²) in [5, 5.41) is 0. The van der Waals surface area contributed by atoms with Crippen LogP contribution >= 0.6 is 0 Å². The molecular formula is C57H84N15+5.